The van der Waals surface area contributed by atoms with E-state index in [2.05, 4.69) is 28.8 Å². The molecule has 0 saturated carbocycles. The molecule has 0 aliphatic rings. The Labute approximate surface area is 167 Å². The molecule has 0 spiro atoms. The Morgan fingerprint density at radius 2 is 2.04 bits per heavy atom. The quantitative estimate of drug-likeness (QED) is 0.576. The van der Waals surface area contributed by atoms with Crippen LogP contribution < -0.4 is 9.64 Å². The Morgan fingerprint density at radius 1 is 1.29 bits per heavy atom. The fraction of sp³-hybridized carbons (Fsp3) is 0.421. The number of aryl methyl sites for hydroxylation is 1. The number of fused-ring (bicyclic) bond motifs is 1. The van der Waals surface area contributed by atoms with E-state index < -0.39 is 5.82 Å². The smallest absolute Gasteiger partial charge is 0.267 e. The third kappa shape index (κ3) is 4.00. The summed E-state index contributed by atoms with van der Waals surface area (Å²) in [6, 6.07) is 4.82. The van der Waals surface area contributed by atoms with Gasteiger partial charge in [0.25, 0.3) is 5.91 Å². The van der Waals surface area contributed by atoms with Crippen LogP contribution in [-0.4, -0.2) is 58.9 Å². The van der Waals surface area contributed by atoms with Gasteiger partial charge < -0.3 is 9.64 Å². The molecule has 1 amide bonds. The number of hydrogen-bond acceptors (Lipinski definition) is 6. The van der Waals surface area contributed by atoms with Gasteiger partial charge in [0.05, 0.1) is 11.8 Å². The molecule has 2 aromatic heterocycles. The van der Waals surface area contributed by atoms with E-state index in [1.54, 1.807) is 30.3 Å². The second-order valence-corrected chi connectivity index (χ2v) is 7.30. The molecule has 1 aromatic carbocycles. The van der Waals surface area contributed by atoms with Crippen molar-refractivity contribution >= 4 is 32.6 Å². The summed E-state index contributed by atoms with van der Waals surface area (Å²) in [5.74, 6) is -0.403. The summed E-state index contributed by atoms with van der Waals surface area (Å²) >= 11 is 1.30. The van der Waals surface area contributed by atoms with E-state index >= 15 is 0 Å². The van der Waals surface area contributed by atoms with Gasteiger partial charge in [-0.15, -0.1) is 5.10 Å². The average Bonchev–Trinajstić information content (AvgIpc) is 3.29. The van der Waals surface area contributed by atoms with Gasteiger partial charge in [0.2, 0.25) is 5.88 Å². The number of amides is 1. The van der Waals surface area contributed by atoms with Crippen LogP contribution >= 0.6 is 11.3 Å². The minimum absolute atomic E-state index is 0.257. The molecular formula is C19H24FN5O2S. The molecule has 7 nitrogen and oxygen atoms in total. The number of benzene rings is 1. The minimum atomic E-state index is -0.393. The Hall–Kier alpha value is -2.52. The van der Waals surface area contributed by atoms with E-state index in [1.807, 2.05) is 0 Å². The molecule has 0 aliphatic carbocycles. The molecular weight excluding hydrogens is 381 g/mol. The second kappa shape index (κ2) is 8.66. The van der Waals surface area contributed by atoms with E-state index in [1.165, 1.54) is 29.2 Å². The summed E-state index contributed by atoms with van der Waals surface area (Å²) in [5.41, 5.74) is 0.630. The van der Waals surface area contributed by atoms with Crippen molar-refractivity contribution in [2.45, 2.75) is 13.8 Å². The summed E-state index contributed by atoms with van der Waals surface area (Å²) in [4.78, 5) is 21.6. The summed E-state index contributed by atoms with van der Waals surface area (Å²) in [5, 5.41) is 4.63. The summed E-state index contributed by atoms with van der Waals surface area (Å²) < 4.78 is 21.6. The van der Waals surface area contributed by atoms with E-state index in [0.29, 0.717) is 28.5 Å². The summed E-state index contributed by atoms with van der Waals surface area (Å²) in [6.07, 6.45) is 1.62. The number of ether oxygens (including phenoxy) is 1. The molecule has 0 unspecified atom stereocenters. The molecule has 0 atom stereocenters. The normalized spacial score (nSPS) is 11.4. The SMILES string of the molecule is CCN(CC)CCN(C(=O)c1cn(C)nc1OC)c1nc2c(F)cccc2s1. The largest absolute Gasteiger partial charge is 0.479 e. The van der Waals surface area contributed by atoms with Crippen LogP contribution in [0.3, 0.4) is 0 Å². The second-order valence-electron chi connectivity index (χ2n) is 6.29. The van der Waals surface area contributed by atoms with Gasteiger partial charge in [0.15, 0.2) is 5.13 Å². The van der Waals surface area contributed by atoms with Crippen LogP contribution in [0, 0.1) is 5.82 Å². The van der Waals surface area contributed by atoms with Crippen molar-refractivity contribution in [1.82, 2.24) is 19.7 Å². The highest BCUT2D eigenvalue weighted by molar-refractivity contribution is 7.22. The maximum absolute atomic E-state index is 14.1. The van der Waals surface area contributed by atoms with E-state index in [4.69, 9.17) is 4.74 Å². The highest BCUT2D eigenvalue weighted by atomic mass is 32.1. The standard InChI is InChI=1S/C19H24FN5O2S/c1-5-24(6-2)10-11-25(18(26)13-12-23(3)22-17(13)27-4)19-21-16-14(20)8-7-9-15(16)28-19/h7-9,12H,5-6,10-11H2,1-4H3. The predicted octanol–water partition coefficient (Wildman–Crippen LogP) is 3.17. The highest BCUT2D eigenvalue weighted by Gasteiger charge is 2.26. The number of nitrogens with zero attached hydrogens (tertiary/aromatic N) is 5. The maximum Gasteiger partial charge on any atom is 0.267 e. The number of aromatic nitrogens is 3. The number of hydrogen-bond donors (Lipinski definition) is 0. The van der Waals surface area contributed by atoms with Crippen molar-refractivity contribution < 1.29 is 13.9 Å². The fourth-order valence-electron chi connectivity index (χ4n) is 2.99. The van der Waals surface area contributed by atoms with Gasteiger partial charge in [-0.2, -0.15) is 0 Å². The monoisotopic (exact) mass is 405 g/mol. The summed E-state index contributed by atoms with van der Waals surface area (Å²) in [7, 11) is 3.21. The van der Waals surface area contributed by atoms with Gasteiger partial charge in [-0.1, -0.05) is 31.3 Å². The molecule has 28 heavy (non-hydrogen) atoms. The molecule has 0 saturated heterocycles. The topological polar surface area (TPSA) is 63.5 Å². The number of rotatable bonds is 8. The zero-order valence-electron chi connectivity index (χ0n) is 16.5. The number of carbonyl (C=O) groups excluding carboxylic acids is 1. The molecule has 2 heterocycles. The first-order valence-corrected chi connectivity index (χ1v) is 9.97. The molecule has 0 aliphatic heterocycles. The lowest BCUT2D eigenvalue weighted by molar-refractivity contribution is 0.0980. The number of likely N-dealkylation sites (N-methyl/N-ethyl adjacent to an activating group) is 1. The number of anilines is 1. The van der Waals surface area contributed by atoms with Crippen molar-refractivity contribution in [3.05, 3.63) is 35.8 Å². The minimum Gasteiger partial charge on any atom is -0.479 e. The molecule has 0 N–H and O–H groups in total. The van der Waals surface area contributed by atoms with Crippen LogP contribution in [0.15, 0.2) is 24.4 Å². The Balaban J connectivity index is 2.00. The molecule has 0 radical (unpaired) electrons. The lowest BCUT2D eigenvalue weighted by Gasteiger charge is -2.24. The molecule has 9 heteroatoms. The zero-order chi connectivity index (χ0) is 20.3. The van der Waals surface area contributed by atoms with Gasteiger partial charge in [-0.25, -0.2) is 9.37 Å². The fourth-order valence-corrected chi connectivity index (χ4v) is 4.00. The third-order valence-corrected chi connectivity index (χ3v) is 5.63. The van der Waals surface area contributed by atoms with Crippen LogP contribution in [0.5, 0.6) is 5.88 Å². The van der Waals surface area contributed by atoms with Crippen molar-refractivity contribution in [2.24, 2.45) is 7.05 Å². The van der Waals surface area contributed by atoms with Crippen molar-refractivity contribution in [3.63, 3.8) is 0 Å². The Bertz CT molecular complexity index is 967. The van der Waals surface area contributed by atoms with E-state index in [9.17, 15) is 9.18 Å². The van der Waals surface area contributed by atoms with Gasteiger partial charge in [0.1, 0.15) is 16.9 Å². The average molecular weight is 405 g/mol. The number of para-hydroxylation sites is 1. The molecule has 3 aromatic rings. The Morgan fingerprint density at radius 3 is 2.68 bits per heavy atom. The van der Waals surface area contributed by atoms with Crippen LogP contribution in [0.2, 0.25) is 0 Å². The third-order valence-electron chi connectivity index (χ3n) is 4.59. The summed E-state index contributed by atoms with van der Waals surface area (Å²) in [6.45, 7) is 7.02. The number of carbonyl (C=O) groups is 1. The first kappa shape index (κ1) is 20.2. The van der Waals surface area contributed by atoms with Crippen molar-refractivity contribution in [2.75, 3.05) is 38.2 Å². The van der Waals surface area contributed by atoms with Gasteiger partial charge >= 0.3 is 0 Å². The van der Waals surface area contributed by atoms with Crippen LogP contribution in [0.1, 0.15) is 24.2 Å². The first-order chi connectivity index (χ1) is 13.5. The van der Waals surface area contributed by atoms with Gasteiger partial charge in [-0.05, 0) is 25.2 Å². The number of halogens is 1. The predicted molar refractivity (Wildman–Crippen MR) is 109 cm³/mol. The van der Waals surface area contributed by atoms with Crippen molar-refractivity contribution in [3.8, 4) is 5.88 Å². The number of methoxy groups -OCH3 is 1. The molecule has 3 rings (SSSR count). The van der Waals surface area contributed by atoms with Gasteiger partial charge in [0, 0.05) is 26.3 Å². The molecule has 150 valence electrons. The van der Waals surface area contributed by atoms with E-state index in [-0.39, 0.29) is 17.3 Å². The maximum atomic E-state index is 14.1. The van der Waals surface area contributed by atoms with Crippen LogP contribution in [0.4, 0.5) is 9.52 Å². The van der Waals surface area contributed by atoms with Crippen LogP contribution in [0.25, 0.3) is 10.2 Å². The first-order valence-electron chi connectivity index (χ1n) is 9.15. The van der Waals surface area contributed by atoms with Crippen LogP contribution in [-0.2, 0) is 7.05 Å². The lowest BCUT2D eigenvalue weighted by atomic mass is 10.3. The van der Waals surface area contributed by atoms with Gasteiger partial charge in [-0.3, -0.25) is 14.4 Å². The highest BCUT2D eigenvalue weighted by Crippen LogP contribution is 2.32. The zero-order valence-corrected chi connectivity index (χ0v) is 17.3. The van der Waals surface area contributed by atoms with Crippen molar-refractivity contribution in [1.29, 1.82) is 0 Å². The van der Waals surface area contributed by atoms with E-state index in [0.717, 1.165) is 13.1 Å². The molecule has 0 bridgehead atoms. The lowest BCUT2D eigenvalue weighted by Crippen LogP contribution is -2.38. The Kier molecular flexibility index (Phi) is 6.25. The molecule has 0 fully saturated rings. The number of thiazole rings is 1.